The summed E-state index contributed by atoms with van der Waals surface area (Å²) < 4.78 is 14.1. The molecular formula is C21H21N7O7S3. The van der Waals surface area contributed by atoms with Gasteiger partial charge in [-0.15, -0.1) is 28.2 Å². The predicted octanol–water partition coefficient (Wildman–Crippen LogP) is 0.965. The average Bonchev–Trinajstić information content (AvgIpc) is 3.57. The number of hydrogen-bond acceptors (Lipinski definition) is 15. The van der Waals surface area contributed by atoms with Crippen LogP contribution in [0.25, 0.3) is 6.08 Å². The third-order valence-electron chi connectivity index (χ3n) is 5.25. The number of thioether (sulfide) groups is 1. The Kier molecular flexibility index (Phi) is 8.38. The summed E-state index contributed by atoms with van der Waals surface area (Å²) in [5.41, 5.74) is 6.20. The molecule has 17 heteroatoms. The number of aromatic nitrogens is 3. The van der Waals surface area contributed by atoms with Crippen LogP contribution in [0.4, 0.5) is 5.13 Å². The first-order valence-electron chi connectivity index (χ1n) is 11.0. The van der Waals surface area contributed by atoms with Crippen LogP contribution in [0.15, 0.2) is 33.3 Å². The minimum atomic E-state index is -1.19. The zero-order chi connectivity index (χ0) is 27.4. The van der Waals surface area contributed by atoms with Crippen molar-refractivity contribution < 1.29 is 33.9 Å². The third-order valence-corrected chi connectivity index (χ3v) is 7.75. The van der Waals surface area contributed by atoms with E-state index in [4.69, 9.17) is 15.2 Å². The Morgan fingerprint density at radius 1 is 1.34 bits per heavy atom. The molecule has 0 bridgehead atoms. The van der Waals surface area contributed by atoms with Crippen molar-refractivity contribution in [1.82, 2.24) is 24.8 Å². The SMILES string of the molecule is CCC(=O)OC(C)OC(=O)C1=C(/C=C\c2csnn2)CS[C@H]2C(NC(=O)/C(=N\O)c3csc(N)n3)C(=O)N12. The topological polar surface area (TPSA) is 199 Å². The molecule has 2 aliphatic rings. The molecule has 4 rings (SSSR count). The summed E-state index contributed by atoms with van der Waals surface area (Å²) in [6.45, 7) is 2.99. The maximum atomic E-state index is 13.2. The number of nitrogen functional groups attached to an aromatic ring is 1. The molecule has 2 amide bonds. The van der Waals surface area contributed by atoms with Crippen molar-refractivity contribution in [3.63, 3.8) is 0 Å². The molecular weight excluding hydrogens is 558 g/mol. The number of rotatable bonds is 9. The molecule has 14 nitrogen and oxygen atoms in total. The molecule has 3 atom stereocenters. The number of allylic oxidation sites excluding steroid dienone is 1. The fourth-order valence-corrected chi connectivity index (χ4v) is 5.80. The number of amides is 2. The van der Waals surface area contributed by atoms with Gasteiger partial charge >= 0.3 is 11.9 Å². The number of fused-ring (bicyclic) bond motifs is 1. The van der Waals surface area contributed by atoms with Crippen molar-refractivity contribution in [3.05, 3.63) is 39.5 Å². The summed E-state index contributed by atoms with van der Waals surface area (Å²) in [5, 5.41) is 21.5. The lowest BCUT2D eigenvalue weighted by Gasteiger charge is -2.49. The number of nitrogens with two attached hydrogens (primary N) is 1. The molecule has 0 aliphatic carbocycles. The van der Waals surface area contributed by atoms with Gasteiger partial charge in [0, 0.05) is 29.9 Å². The molecule has 2 aromatic rings. The molecule has 38 heavy (non-hydrogen) atoms. The van der Waals surface area contributed by atoms with Gasteiger partial charge < -0.3 is 25.7 Å². The monoisotopic (exact) mass is 579 g/mol. The smallest absolute Gasteiger partial charge is 0.358 e. The summed E-state index contributed by atoms with van der Waals surface area (Å²) in [6.07, 6.45) is 2.17. The van der Waals surface area contributed by atoms with E-state index in [9.17, 15) is 24.4 Å². The van der Waals surface area contributed by atoms with Gasteiger partial charge in [0.1, 0.15) is 22.8 Å². The van der Waals surface area contributed by atoms with E-state index in [2.05, 4.69) is 25.0 Å². The number of esters is 2. The minimum absolute atomic E-state index is 0.0496. The number of hydrogen-bond donors (Lipinski definition) is 3. The quantitative estimate of drug-likeness (QED) is 0.0951. The van der Waals surface area contributed by atoms with Crippen LogP contribution in [-0.4, -0.2) is 77.6 Å². The van der Waals surface area contributed by atoms with E-state index in [1.54, 1.807) is 24.5 Å². The summed E-state index contributed by atoms with van der Waals surface area (Å²) in [5.74, 6) is -2.58. The molecule has 1 fully saturated rings. The van der Waals surface area contributed by atoms with Crippen molar-refractivity contribution >= 4 is 75.3 Å². The maximum absolute atomic E-state index is 13.2. The Bertz CT molecular complexity index is 1340. The van der Waals surface area contributed by atoms with Crippen LogP contribution < -0.4 is 11.1 Å². The Morgan fingerprint density at radius 3 is 2.76 bits per heavy atom. The van der Waals surface area contributed by atoms with E-state index in [0.717, 1.165) is 22.9 Å². The second kappa shape index (κ2) is 11.7. The van der Waals surface area contributed by atoms with Crippen molar-refractivity contribution in [2.75, 3.05) is 11.5 Å². The van der Waals surface area contributed by atoms with Gasteiger partial charge in [0.2, 0.25) is 6.29 Å². The third kappa shape index (κ3) is 5.68. The molecule has 200 valence electrons. The van der Waals surface area contributed by atoms with Crippen LogP contribution in [0.3, 0.4) is 0 Å². The first kappa shape index (κ1) is 27.2. The second-order valence-corrected chi connectivity index (χ2v) is 10.3. The van der Waals surface area contributed by atoms with Gasteiger partial charge in [0.05, 0.1) is 5.69 Å². The van der Waals surface area contributed by atoms with Gasteiger partial charge in [0.25, 0.3) is 11.8 Å². The Balaban J connectivity index is 1.55. The van der Waals surface area contributed by atoms with E-state index in [1.807, 2.05) is 0 Å². The number of β-lactam (4-membered cyclic amide) rings is 1. The zero-order valence-electron chi connectivity index (χ0n) is 19.9. The number of carbonyl (C=O) groups excluding carboxylic acids is 4. The minimum Gasteiger partial charge on any atom is -0.425 e. The van der Waals surface area contributed by atoms with Crippen molar-refractivity contribution in [2.45, 2.75) is 38.0 Å². The first-order chi connectivity index (χ1) is 18.2. The molecule has 0 saturated carbocycles. The molecule has 2 aromatic heterocycles. The number of carbonyl (C=O) groups is 4. The fraction of sp³-hybridized carbons (Fsp3) is 0.333. The summed E-state index contributed by atoms with van der Waals surface area (Å²) >= 11 is 3.51. The lowest BCUT2D eigenvalue weighted by atomic mass is 10.0. The van der Waals surface area contributed by atoms with Gasteiger partial charge in [-0.05, 0) is 23.2 Å². The van der Waals surface area contributed by atoms with Gasteiger partial charge in [-0.3, -0.25) is 19.3 Å². The summed E-state index contributed by atoms with van der Waals surface area (Å²) in [6, 6.07) is -1.02. The van der Waals surface area contributed by atoms with Gasteiger partial charge in [-0.25, -0.2) is 9.78 Å². The number of oxime groups is 1. The van der Waals surface area contributed by atoms with Crippen molar-refractivity contribution in [2.24, 2.45) is 5.16 Å². The van der Waals surface area contributed by atoms with Gasteiger partial charge in [-0.2, -0.15) is 0 Å². The van der Waals surface area contributed by atoms with Crippen molar-refractivity contribution in [3.8, 4) is 0 Å². The predicted molar refractivity (Wildman–Crippen MR) is 138 cm³/mol. The van der Waals surface area contributed by atoms with Crippen molar-refractivity contribution in [1.29, 1.82) is 0 Å². The lowest BCUT2D eigenvalue weighted by molar-refractivity contribution is -0.184. The van der Waals surface area contributed by atoms with E-state index in [-0.39, 0.29) is 28.7 Å². The molecule has 2 unspecified atom stereocenters. The Hall–Kier alpha value is -3.83. The van der Waals surface area contributed by atoms with Crippen LogP contribution >= 0.6 is 34.6 Å². The molecule has 4 N–H and O–H groups in total. The average molecular weight is 580 g/mol. The molecule has 0 radical (unpaired) electrons. The second-order valence-electron chi connectivity index (χ2n) is 7.73. The molecule has 4 heterocycles. The molecule has 0 spiro atoms. The highest BCUT2D eigenvalue weighted by molar-refractivity contribution is 8.00. The molecule has 2 aliphatic heterocycles. The largest absolute Gasteiger partial charge is 0.425 e. The van der Waals surface area contributed by atoms with E-state index >= 15 is 0 Å². The Labute approximate surface area is 227 Å². The fourth-order valence-electron chi connectivity index (χ4n) is 3.51. The highest BCUT2D eigenvalue weighted by Gasteiger charge is 2.54. The van der Waals surface area contributed by atoms with Crippen LogP contribution in [0, 0.1) is 0 Å². The van der Waals surface area contributed by atoms with Crippen LogP contribution in [-0.2, 0) is 28.7 Å². The first-order valence-corrected chi connectivity index (χ1v) is 13.8. The highest BCUT2D eigenvalue weighted by Crippen LogP contribution is 2.41. The number of nitrogens with zero attached hydrogens (tertiary/aromatic N) is 5. The molecule has 1 saturated heterocycles. The zero-order valence-corrected chi connectivity index (χ0v) is 22.3. The summed E-state index contributed by atoms with van der Waals surface area (Å²) in [7, 11) is 0. The number of anilines is 1. The van der Waals surface area contributed by atoms with Gasteiger partial charge in [-0.1, -0.05) is 22.6 Å². The summed E-state index contributed by atoms with van der Waals surface area (Å²) in [4.78, 5) is 55.8. The van der Waals surface area contributed by atoms with E-state index < -0.39 is 47.2 Å². The van der Waals surface area contributed by atoms with E-state index in [0.29, 0.717) is 11.3 Å². The van der Waals surface area contributed by atoms with E-state index in [1.165, 1.54) is 29.0 Å². The normalized spacial score (nSPS) is 20.1. The maximum Gasteiger partial charge on any atom is 0.358 e. The molecule has 0 aromatic carbocycles. The standard InChI is InChI=1S/C21H21N7O7S3/c1-3-13(29)34-9(2)35-20(32)16-10(4-5-11-7-38-27-25-11)6-36-19-15(18(31)28(16)19)24-17(30)14(26-33)12-8-37-21(22)23-12/h4-5,7-9,15,19,33H,3,6H2,1-2H3,(H2,22,23)(H,24,30)/b5-4-,26-14-/t9?,15?,19-/m0/s1. The lowest BCUT2D eigenvalue weighted by Crippen LogP contribution is -2.71. The Morgan fingerprint density at radius 2 is 2.13 bits per heavy atom. The number of thiazole rings is 1. The van der Waals surface area contributed by atoms with Crippen LogP contribution in [0.5, 0.6) is 0 Å². The number of nitrogens with one attached hydrogen (secondary N) is 1. The highest BCUT2D eigenvalue weighted by atomic mass is 32.2. The number of ether oxygens (including phenoxy) is 2. The van der Waals surface area contributed by atoms with Crippen LogP contribution in [0.2, 0.25) is 0 Å². The van der Waals surface area contributed by atoms with Gasteiger partial charge in [0.15, 0.2) is 10.8 Å². The van der Waals surface area contributed by atoms with Crippen LogP contribution in [0.1, 0.15) is 31.7 Å².